The van der Waals surface area contributed by atoms with Crippen molar-refractivity contribution in [3.63, 3.8) is 0 Å². The Morgan fingerprint density at radius 1 is 1.14 bits per heavy atom. The third kappa shape index (κ3) is 6.93. The number of halogens is 2. The fraction of sp³-hybridized carbons (Fsp3) is 0. The van der Waals surface area contributed by atoms with Gasteiger partial charge in [0.25, 0.3) is 0 Å². The lowest BCUT2D eigenvalue weighted by molar-refractivity contribution is 0.381. The molecular formula is C6H7Cl2NO4S. The van der Waals surface area contributed by atoms with Crippen molar-refractivity contribution in [3.05, 3.63) is 28.2 Å². The van der Waals surface area contributed by atoms with E-state index in [0.29, 0.717) is 15.7 Å². The van der Waals surface area contributed by atoms with Gasteiger partial charge in [-0.15, -0.1) is 0 Å². The highest BCUT2D eigenvalue weighted by Gasteiger charge is 1.97. The van der Waals surface area contributed by atoms with E-state index in [2.05, 4.69) is 0 Å². The van der Waals surface area contributed by atoms with Crippen molar-refractivity contribution in [2.24, 2.45) is 0 Å². The molecule has 0 spiro atoms. The lowest BCUT2D eigenvalue weighted by atomic mass is 10.3. The molecule has 0 atom stereocenters. The van der Waals surface area contributed by atoms with E-state index in [0.717, 1.165) is 0 Å². The van der Waals surface area contributed by atoms with Crippen molar-refractivity contribution in [2.45, 2.75) is 0 Å². The number of nitrogen functional groups attached to an aromatic ring is 1. The van der Waals surface area contributed by atoms with E-state index in [1.54, 1.807) is 18.2 Å². The predicted molar refractivity (Wildman–Crippen MR) is 55.1 cm³/mol. The van der Waals surface area contributed by atoms with Gasteiger partial charge in [0.1, 0.15) is 0 Å². The van der Waals surface area contributed by atoms with E-state index in [4.69, 9.17) is 46.5 Å². The number of benzene rings is 1. The molecule has 1 aromatic rings. The topological polar surface area (TPSA) is 101 Å². The lowest BCUT2D eigenvalue weighted by Crippen LogP contribution is -1.89. The SMILES string of the molecule is Nc1c(Cl)cccc1Cl.O=S(=O)(O)O. The van der Waals surface area contributed by atoms with Crippen LogP contribution in [0.15, 0.2) is 18.2 Å². The smallest absolute Gasteiger partial charge is 0.394 e. The Bertz CT molecular complexity index is 378. The second kappa shape index (κ2) is 5.38. The Hall–Kier alpha value is -0.530. The molecule has 8 heteroatoms. The maximum absolute atomic E-state index is 8.74. The van der Waals surface area contributed by atoms with E-state index >= 15 is 0 Å². The third-order valence-corrected chi connectivity index (χ3v) is 1.66. The van der Waals surface area contributed by atoms with Crippen LogP contribution in [0.3, 0.4) is 0 Å². The Morgan fingerprint density at radius 2 is 1.43 bits per heavy atom. The summed E-state index contributed by atoms with van der Waals surface area (Å²) in [5, 5.41) is 1.00. The van der Waals surface area contributed by atoms with Gasteiger partial charge in [-0.3, -0.25) is 9.11 Å². The van der Waals surface area contributed by atoms with Gasteiger partial charge in [-0.25, -0.2) is 0 Å². The monoisotopic (exact) mass is 259 g/mol. The van der Waals surface area contributed by atoms with Gasteiger partial charge >= 0.3 is 10.4 Å². The van der Waals surface area contributed by atoms with E-state index in [1.165, 1.54) is 0 Å². The van der Waals surface area contributed by atoms with Gasteiger partial charge < -0.3 is 5.73 Å². The minimum absolute atomic E-state index is 0.445. The summed E-state index contributed by atoms with van der Waals surface area (Å²) < 4.78 is 31.6. The first-order valence-corrected chi connectivity index (χ1v) is 5.26. The number of hydrogen-bond donors (Lipinski definition) is 3. The second-order valence-electron chi connectivity index (χ2n) is 2.08. The summed E-state index contributed by atoms with van der Waals surface area (Å²) in [4.78, 5) is 0. The van der Waals surface area contributed by atoms with Crippen LogP contribution in [-0.2, 0) is 10.4 Å². The molecule has 0 aliphatic heterocycles. The minimum atomic E-state index is -4.67. The van der Waals surface area contributed by atoms with E-state index in [1.807, 2.05) is 0 Å². The summed E-state index contributed by atoms with van der Waals surface area (Å²) in [7, 11) is -4.67. The lowest BCUT2D eigenvalue weighted by Gasteiger charge is -1.96. The summed E-state index contributed by atoms with van der Waals surface area (Å²) in [6.45, 7) is 0. The minimum Gasteiger partial charge on any atom is -0.396 e. The summed E-state index contributed by atoms with van der Waals surface area (Å²) in [5.74, 6) is 0. The number of hydrogen-bond acceptors (Lipinski definition) is 3. The molecule has 5 nitrogen and oxygen atoms in total. The molecule has 1 aromatic carbocycles. The van der Waals surface area contributed by atoms with Crippen LogP contribution < -0.4 is 5.73 Å². The largest absolute Gasteiger partial charge is 0.396 e. The Kier molecular flexibility index (Phi) is 5.17. The van der Waals surface area contributed by atoms with E-state index in [-0.39, 0.29) is 0 Å². The molecule has 0 fully saturated rings. The molecule has 14 heavy (non-hydrogen) atoms. The van der Waals surface area contributed by atoms with E-state index in [9.17, 15) is 0 Å². The zero-order chi connectivity index (χ0) is 11.4. The van der Waals surface area contributed by atoms with Crippen molar-refractivity contribution in [1.29, 1.82) is 0 Å². The van der Waals surface area contributed by atoms with Crippen LogP contribution in [0.25, 0.3) is 0 Å². The molecule has 0 heterocycles. The van der Waals surface area contributed by atoms with Crippen molar-refractivity contribution < 1.29 is 17.5 Å². The maximum Gasteiger partial charge on any atom is 0.394 e. The average Bonchev–Trinajstić information content (AvgIpc) is 1.97. The Balaban J connectivity index is 0.000000292. The van der Waals surface area contributed by atoms with Gasteiger partial charge in [0.05, 0.1) is 15.7 Å². The standard InChI is InChI=1S/C6H5Cl2N.H2O4S/c7-4-2-1-3-5(8)6(4)9;1-5(2,3)4/h1-3H,9H2;(H2,1,2,3,4). The molecule has 0 aliphatic rings. The van der Waals surface area contributed by atoms with Crippen LogP contribution in [0.1, 0.15) is 0 Å². The van der Waals surface area contributed by atoms with Crippen molar-refractivity contribution in [2.75, 3.05) is 5.73 Å². The maximum atomic E-state index is 8.74. The molecule has 1 rings (SSSR count). The van der Waals surface area contributed by atoms with Crippen molar-refractivity contribution in [1.82, 2.24) is 0 Å². The molecule has 0 aromatic heterocycles. The molecule has 0 radical (unpaired) electrons. The molecule has 0 amide bonds. The molecule has 0 saturated heterocycles. The van der Waals surface area contributed by atoms with Crippen LogP contribution in [0.4, 0.5) is 5.69 Å². The van der Waals surface area contributed by atoms with Gasteiger partial charge in [-0.2, -0.15) is 8.42 Å². The summed E-state index contributed by atoms with van der Waals surface area (Å²) >= 11 is 11.2. The summed E-state index contributed by atoms with van der Waals surface area (Å²) in [5.41, 5.74) is 5.86. The van der Waals surface area contributed by atoms with E-state index < -0.39 is 10.4 Å². The van der Waals surface area contributed by atoms with Crippen LogP contribution >= 0.6 is 23.2 Å². The third-order valence-electron chi connectivity index (χ3n) is 1.000. The number of nitrogens with two attached hydrogens (primary N) is 1. The Morgan fingerprint density at radius 3 is 1.64 bits per heavy atom. The zero-order valence-electron chi connectivity index (χ0n) is 6.68. The first kappa shape index (κ1) is 13.5. The van der Waals surface area contributed by atoms with Gasteiger partial charge in [0, 0.05) is 0 Å². The first-order chi connectivity index (χ1) is 6.22. The van der Waals surface area contributed by atoms with Gasteiger partial charge in [-0.1, -0.05) is 29.3 Å². The predicted octanol–water partition coefficient (Wildman–Crippen LogP) is 1.92. The van der Waals surface area contributed by atoms with Crippen LogP contribution in [0.5, 0.6) is 0 Å². The molecule has 0 bridgehead atoms. The average molecular weight is 260 g/mol. The zero-order valence-corrected chi connectivity index (χ0v) is 9.01. The summed E-state index contributed by atoms with van der Waals surface area (Å²) in [6, 6.07) is 5.15. The molecule has 4 N–H and O–H groups in total. The fourth-order valence-electron chi connectivity index (χ4n) is 0.511. The van der Waals surface area contributed by atoms with Crippen LogP contribution in [0.2, 0.25) is 10.0 Å². The second-order valence-corrected chi connectivity index (χ2v) is 3.79. The number of anilines is 1. The van der Waals surface area contributed by atoms with Crippen LogP contribution in [-0.4, -0.2) is 17.5 Å². The van der Waals surface area contributed by atoms with Gasteiger partial charge in [-0.05, 0) is 12.1 Å². The molecule has 0 aliphatic carbocycles. The quantitative estimate of drug-likeness (QED) is 0.488. The van der Waals surface area contributed by atoms with Gasteiger partial charge in [0.15, 0.2) is 0 Å². The first-order valence-electron chi connectivity index (χ1n) is 3.11. The normalized spacial score (nSPS) is 10.3. The van der Waals surface area contributed by atoms with Gasteiger partial charge in [0.2, 0.25) is 0 Å². The number of para-hydroxylation sites is 1. The fourth-order valence-corrected chi connectivity index (χ4v) is 0.908. The highest BCUT2D eigenvalue weighted by atomic mass is 35.5. The highest BCUT2D eigenvalue weighted by Crippen LogP contribution is 2.25. The Labute approximate surface area is 91.0 Å². The molecular weight excluding hydrogens is 253 g/mol. The van der Waals surface area contributed by atoms with Crippen molar-refractivity contribution in [3.8, 4) is 0 Å². The summed E-state index contributed by atoms with van der Waals surface area (Å²) in [6.07, 6.45) is 0. The molecule has 0 saturated carbocycles. The number of rotatable bonds is 0. The van der Waals surface area contributed by atoms with Crippen molar-refractivity contribution >= 4 is 39.3 Å². The molecule has 0 unspecified atom stereocenters. The van der Waals surface area contributed by atoms with Crippen LogP contribution in [0, 0.1) is 0 Å². The highest BCUT2D eigenvalue weighted by molar-refractivity contribution is 7.79. The molecule has 80 valence electrons.